The maximum Gasteiger partial charge on any atom is 0.283 e. The second-order valence-corrected chi connectivity index (χ2v) is 9.84. The number of hydrogen-bond donors (Lipinski definition) is 1. The van der Waals surface area contributed by atoms with E-state index in [4.69, 9.17) is 16.3 Å². The van der Waals surface area contributed by atoms with Crippen molar-refractivity contribution in [1.82, 2.24) is 20.1 Å². The molecule has 1 N–H and O–H groups in total. The second kappa shape index (κ2) is 8.08. The molecule has 10 heteroatoms. The van der Waals surface area contributed by atoms with Crippen LogP contribution in [-0.4, -0.2) is 72.5 Å². The minimum atomic E-state index is -0.275. The highest BCUT2D eigenvalue weighted by Gasteiger charge is 2.38. The fourth-order valence-corrected chi connectivity index (χ4v) is 5.65. The first kappa shape index (κ1) is 19.8. The largest absolute Gasteiger partial charge is 0.377 e. The van der Waals surface area contributed by atoms with E-state index in [1.54, 1.807) is 24.1 Å². The topological polar surface area (TPSA) is 74.8 Å². The molecule has 2 aliphatic heterocycles. The number of carbonyl (C=O) groups is 2. The van der Waals surface area contributed by atoms with Gasteiger partial charge in [-0.2, -0.15) is 0 Å². The predicted molar refractivity (Wildman–Crippen MR) is 109 cm³/mol. The Hall–Kier alpha value is -1.52. The lowest BCUT2D eigenvalue weighted by Crippen LogP contribution is -2.43. The molecule has 7 nitrogen and oxygen atoms in total. The molecule has 4 rings (SSSR count). The summed E-state index contributed by atoms with van der Waals surface area (Å²) in [6.45, 7) is 2.62. The highest BCUT2D eigenvalue weighted by molar-refractivity contribution is 7.18. The summed E-state index contributed by atoms with van der Waals surface area (Å²) in [5.41, 5.74) is 1.04. The van der Waals surface area contributed by atoms with Gasteiger partial charge in [0.25, 0.3) is 11.8 Å². The molecular weight excluding hydrogens is 420 g/mol. The number of likely N-dealkylation sites (N-methyl/N-ethyl adjacent to an activating group) is 1. The van der Waals surface area contributed by atoms with Crippen molar-refractivity contribution < 1.29 is 14.3 Å². The smallest absolute Gasteiger partial charge is 0.283 e. The van der Waals surface area contributed by atoms with Gasteiger partial charge in [0.1, 0.15) is 0 Å². The fraction of sp³-hybridized carbons (Fsp3) is 0.500. The van der Waals surface area contributed by atoms with Crippen LogP contribution in [0.3, 0.4) is 0 Å². The number of ether oxygens (including phenoxy) is 1. The van der Waals surface area contributed by atoms with Crippen molar-refractivity contribution >= 4 is 46.1 Å². The molecule has 2 aliphatic rings. The highest BCUT2D eigenvalue weighted by atomic mass is 35.5. The number of aromatic nitrogens is 1. The Bertz CT molecular complexity index is 899. The molecule has 2 aromatic rings. The van der Waals surface area contributed by atoms with Gasteiger partial charge in [0.2, 0.25) is 0 Å². The number of nitrogens with one attached hydrogen (secondary N) is 1. The highest BCUT2D eigenvalue weighted by Crippen LogP contribution is 2.27. The monoisotopic (exact) mass is 440 g/mol. The van der Waals surface area contributed by atoms with Gasteiger partial charge in [0, 0.05) is 44.6 Å². The van der Waals surface area contributed by atoms with Crippen LogP contribution in [0.15, 0.2) is 12.1 Å². The number of methoxy groups -OCH3 is 1. The quantitative estimate of drug-likeness (QED) is 0.788. The molecule has 0 spiro atoms. The number of rotatable bonds is 4. The van der Waals surface area contributed by atoms with Crippen LogP contribution in [0.5, 0.6) is 0 Å². The van der Waals surface area contributed by atoms with Crippen LogP contribution in [0.1, 0.15) is 30.0 Å². The Labute approximate surface area is 176 Å². The molecule has 0 saturated carbocycles. The average Bonchev–Trinajstić information content (AvgIpc) is 3.38. The molecule has 28 heavy (non-hydrogen) atoms. The van der Waals surface area contributed by atoms with Crippen LogP contribution in [0.2, 0.25) is 4.34 Å². The van der Waals surface area contributed by atoms with E-state index in [1.807, 2.05) is 0 Å². The van der Waals surface area contributed by atoms with Crippen molar-refractivity contribution in [3.8, 4) is 0 Å². The van der Waals surface area contributed by atoms with Crippen LogP contribution in [0.25, 0.3) is 0 Å². The summed E-state index contributed by atoms with van der Waals surface area (Å²) < 4.78 is 6.09. The maximum atomic E-state index is 13.0. The average molecular weight is 441 g/mol. The van der Waals surface area contributed by atoms with Crippen LogP contribution in [0, 0.1) is 0 Å². The number of thiazole rings is 1. The van der Waals surface area contributed by atoms with E-state index in [9.17, 15) is 9.59 Å². The van der Waals surface area contributed by atoms with E-state index in [-0.39, 0.29) is 24.0 Å². The van der Waals surface area contributed by atoms with Crippen molar-refractivity contribution in [2.24, 2.45) is 0 Å². The molecule has 4 heterocycles. The van der Waals surface area contributed by atoms with Gasteiger partial charge in [-0.15, -0.1) is 22.7 Å². The van der Waals surface area contributed by atoms with Gasteiger partial charge >= 0.3 is 0 Å². The van der Waals surface area contributed by atoms with Gasteiger partial charge in [-0.1, -0.05) is 11.6 Å². The van der Waals surface area contributed by atoms with Crippen LogP contribution < -0.4 is 5.32 Å². The summed E-state index contributed by atoms with van der Waals surface area (Å²) in [5.74, 6) is -0.300. The summed E-state index contributed by atoms with van der Waals surface area (Å²) in [6, 6.07) is 3.11. The van der Waals surface area contributed by atoms with Crippen molar-refractivity contribution in [3.05, 3.63) is 36.9 Å². The Balaban J connectivity index is 1.44. The second-order valence-electron chi connectivity index (χ2n) is 7.04. The minimum absolute atomic E-state index is 0.0972. The first-order valence-corrected chi connectivity index (χ1v) is 11.0. The SMILES string of the molecule is COC1CN(C(=O)c2nc3c(s2)CN(C)CC3)CC1NC(=O)c1ccc(Cl)s1. The molecule has 0 bridgehead atoms. The third-order valence-corrected chi connectivity index (χ3v) is 7.37. The van der Waals surface area contributed by atoms with E-state index < -0.39 is 0 Å². The summed E-state index contributed by atoms with van der Waals surface area (Å²) >= 11 is 8.61. The molecule has 0 aliphatic carbocycles. The molecule has 150 valence electrons. The lowest BCUT2D eigenvalue weighted by Gasteiger charge is -2.20. The van der Waals surface area contributed by atoms with Gasteiger partial charge in [-0.05, 0) is 19.2 Å². The fourth-order valence-electron chi connectivity index (χ4n) is 3.54. The zero-order valence-electron chi connectivity index (χ0n) is 15.6. The third-order valence-electron chi connectivity index (χ3n) is 5.07. The lowest BCUT2D eigenvalue weighted by molar-refractivity contribution is 0.0692. The van der Waals surface area contributed by atoms with Crippen LogP contribution >= 0.6 is 34.3 Å². The normalized spacial score (nSPS) is 22.3. The number of hydrogen-bond acceptors (Lipinski definition) is 7. The summed E-state index contributed by atoms with van der Waals surface area (Å²) in [5, 5.41) is 3.49. The Morgan fingerprint density at radius 3 is 2.86 bits per heavy atom. The molecule has 0 radical (unpaired) electrons. The summed E-state index contributed by atoms with van der Waals surface area (Å²) in [4.78, 5) is 35.7. The Morgan fingerprint density at radius 2 is 2.14 bits per heavy atom. The van der Waals surface area contributed by atoms with Crippen LogP contribution in [0.4, 0.5) is 0 Å². The van der Waals surface area contributed by atoms with Gasteiger partial charge in [-0.3, -0.25) is 9.59 Å². The van der Waals surface area contributed by atoms with Gasteiger partial charge in [0.05, 0.1) is 27.1 Å². The maximum absolute atomic E-state index is 13.0. The molecule has 0 aromatic carbocycles. The van der Waals surface area contributed by atoms with Gasteiger partial charge < -0.3 is 19.9 Å². The number of carbonyl (C=O) groups excluding carboxylic acids is 2. The lowest BCUT2D eigenvalue weighted by atomic mass is 10.2. The zero-order valence-corrected chi connectivity index (χ0v) is 18.0. The first-order valence-electron chi connectivity index (χ1n) is 9.00. The minimum Gasteiger partial charge on any atom is -0.377 e. The molecular formula is C18H21ClN4O3S2. The third kappa shape index (κ3) is 3.95. The molecule has 1 saturated heterocycles. The summed E-state index contributed by atoms with van der Waals surface area (Å²) in [7, 11) is 3.67. The molecule has 2 unspecified atom stereocenters. The van der Waals surface area contributed by atoms with Crippen molar-refractivity contribution in [2.75, 3.05) is 33.8 Å². The number of halogens is 1. The van der Waals surface area contributed by atoms with E-state index in [0.29, 0.717) is 27.3 Å². The standard InChI is InChI=1S/C18H21ClN4O3S2/c1-22-6-5-10-14(9-22)28-17(21-10)18(25)23-7-11(12(8-23)26-2)20-16(24)13-3-4-15(19)27-13/h3-4,11-12H,5-9H2,1-2H3,(H,20,24). The predicted octanol–water partition coefficient (Wildman–Crippen LogP) is 2.12. The van der Waals surface area contributed by atoms with Crippen molar-refractivity contribution in [3.63, 3.8) is 0 Å². The number of likely N-dealkylation sites (tertiary alicyclic amines) is 1. The van der Waals surface area contributed by atoms with E-state index in [2.05, 4.69) is 22.2 Å². The van der Waals surface area contributed by atoms with Gasteiger partial charge in [-0.25, -0.2) is 4.98 Å². The summed E-state index contributed by atoms with van der Waals surface area (Å²) in [6.07, 6.45) is 0.613. The van der Waals surface area contributed by atoms with E-state index in [0.717, 1.165) is 25.2 Å². The molecule has 2 amide bonds. The molecule has 1 fully saturated rings. The number of thiophene rings is 1. The molecule has 2 aromatic heterocycles. The van der Waals surface area contributed by atoms with E-state index in [1.165, 1.54) is 27.6 Å². The van der Waals surface area contributed by atoms with Crippen molar-refractivity contribution in [1.29, 1.82) is 0 Å². The zero-order chi connectivity index (χ0) is 19.8. The van der Waals surface area contributed by atoms with E-state index >= 15 is 0 Å². The number of nitrogens with zero attached hydrogens (tertiary/aromatic N) is 3. The Kier molecular flexibility index (Phi) is 5.71. The molecule has 2 atom stereocenters. The van der Waals surface area contributed by atoms with Crippen molar-refractivity contribution in [2.45, 2.75) is 25.1 Å². The number of amides is 2. The Morgan fingerprint density at radius 1 is 1.32 bits per heavy atom. The number of fused-ring (bicyclic) bond motifs is 1. The van der Waals surface area contributed by atoms with Gasteiger partial charge in [0.15, 0.2) is 5.01 Å². The van der Waals surface area contributed by atoms with Crippen LogP contribution in [-0.2, 0) is 17.7 Å². The first-order chi connectivity index (χ1) is 13.4.